The van der Waals surface area contributed by atoms with Crippen molar-refractivity contribution in [3.8, 4) is 5.75 Å². The van der Waals surface area contributed by atoms with E-state index in [9.17, 15) is 4.79 Å². The van der Waals surface area contributed by atoms with Crippen LogP contribution in [0.4, 0.5) is 5.95 Å². The van der Waals surface area contributed by atoms with Gasteiger partial charge < -0.3 is 15.8 Å². The zero-order chi connectivity index (χ0) is 20.1. The summed E-state index contributed by atoms with van der Waals surface area (Å²) < 4.78 is 7.76. The summed E-state index contributed by atoms with van der Waals surface area (Å²) >= 11 is 1.59. The van der Waals surface area contributed by atoms with Crippen LogP contribution in [-0.2, 0) is 4.79 Å². The molecule has 8 heteroatoms. The van der Waals surface area contributed by atoms with Crippen molar-refractivity contribution < 1.29 is 9.53 Å². The van der Waals surface area contributed by atoms with Crippen molar-refractivity contribution in [3.05, 3.63) is 41.1 Å². The molecule has 0 aliphatic carbocycles. The lowest BCUT2D eigenvalue weighted by atomic mass is 9.94. The number of para-hydroxylation sites is 1. The first-order valence-electron chi connectivity index (χ1n) is 9.65. The molecule has 0 radical (unpaired) electrons. The van der Waals surface area contributed by atoms with Crippen LogP contribution in [0.25, 0.3) is 0 Å². The van der Waals surface area contributed by atoms with Crippen LogP contribution >= 0.6 is 11.8 Å². The van der Waals surface area contributed by atoms with Gasteiger partial charge in [0.25, 0.3) is 0 Å². The summed E-state index contributed by atoms with van der Waals surface area (Å²) in [6.45, 7) is 6.70. The fourth-order valence-corrected chi connectivity index (χ4v) is 3.84. The number of primary amides is 1. The molecule has 1 amide bonds. The molecule has 1 unspecified atom stereocenters. The second-order valence-corrected chi connectivity index (χ2v) is 7.74. The van der Waals surface area contributed by atoms with Crippen LogP contribution < -0.4 is 15.8 Å². The maximum atomic E-state index is 12.3. The first-order valence-corrected chi connectivity index (χ1v) is 10.6. The molecule has 7 nitrogen and oxygen atoms in total. The number of aromatic nitrogens is 3. The second-order valence-electron chi connectivity index (χ2n) is 6.68. The summed E-state index contributed by atoms with van der Waals surface area (Å²) in [6.07, 6.45) is 3.04. The number of allylic oxidation sites excluding steroid dienone is 1. The highest BCUT2D eigenvalue weighted by molar-refractivity contribution is 7.99. The molecule has 1 aromatic carbocycles. The quantitative estimate of drug-likeness (QED) is 0.491. The van der Waals surface area contributed by atoms with E-state index < -0.39 is 11.9 Å². The van der Waals surface area contributed by atoms with E-state index in [0.717, 1.165) is 36.3 Å². The second kappa shape index (κ2) is 9.14. The highest BCUT2D eigenvalue weighted by Gasteiger charge is 2.34. The van der Waals surface area contributed by atoms with Gasteiger partial charge in [-0.05, 0) is 25.8 Å². The minimum atomic E-state index is -0.484. The molecule has 150 valence electrons. The van der Waals surface area contributed by atoms with Crippen LogP contribution in [0.5, 0.6) is 5.75 Å². The minimum Gasteiger partial charge on any atom is -0.493 e. The lowest BCUT2D eigenvalue weighted by Gasteiger charge is -2.28. The number of amides is 1. The lowest BCUT2D eigenvalue weighted by molar-refractivity contribution is -0.115. The van der Waals surface area contributed by atoms with Crippen molar-refractivity contribution in [2.45, 2.75) is 51.2 Å². The summed E-state index contributed by atoms with van der Waals surface area (Å²) in [5.41, 5.74) is 7.77. The van der Waals surface area contributed by atoms with Gasteiger partial charge in [-0.2, -0.15) is 4.98 Å². The Labute approximate surface area is 169 Å². The van der Waals surface area contributed by atoms with Crippen molar-refractivity contribution in [1.29, 1.82) is 0 Å². The number of nitrogens with two attached hydrogens (primary N) is 1. The van der Waals surface area contributed by atoms with Gasteiger partial charge in [0.2, 0.25) is 17.0 Å². The SMILES string of the molecule is CCCCOc1ccccc1C1C(C(N)=O)=C(C)Nc2nc(SCCC)nn21. The molecule has 0 saturated carbocycles. The molecular weight excluding hydrogens is 374 g/mol. The number of unbranched alkanes of at least 4 members (excludes halogenated alkanes) is 1. The van der Waals surface area contributed by atoms with E-state index in [1.165, 1.54) is 0 Å². The maximum Gasteiger partial charge on any atom is 0.248 e. The van der Waals surface area contributed by atoms with Gasteiger partial charge in [-0.25, -0.2) is 4.68 Å². The van der Waals surface area contributed by atoms with Crippen molar-refractivity contribution in [2.24, 2.45) is 5.73 Å². The molecule has 1 aromatic heterocycles. The Balaban J connectivity index is 2.07. The number of rotatable bonds is 9. The number of hydrogen-bond donors (Lipinski definition) is 2. The third-order valence-electron chi connectivity index (χ3n) is 4.50. The zero-order valence-electron chi connectivity index (χ0n) is 16.6. The molecule has 28 heavy (non-hydrogen) atoms. The molecule has 1 aliphatic heterocycles. The first-order chi connectivity index (χ1) is 13.6. The number of hydrogen-bond acceptors (Lipinski definition) is 6. The number of anilines is 1. The fourth-order valence-electron chi connectivity index (χ4n) is 3.16. The summed E-state index contributed by atoms with van der Waals surface area (Å²) in [7, 11) is 0. The van der Waals surface area contributed by atoms with Gasteiger partial charge in [0, 0.05) is 17.0 Å². The van der Waals surface area contributed by atoms with Gasteiger partial charge in [0.05, 0.1) is 12.2 Å². The third-order valence-corrected chi connectivity index (χ3v) is 5.55. The normalized spacial score (nSPS) is 15.9. The van der Waals surface area contributed by atoms with Crippen molar-refractivity contribution in [1.82, 2.24) is 14.8 Å². The van der Waals surface area contributed by atoms with Crippen LogP contribution in [0.2, 0.25) is 0 Å². The maximum absolute atomic E-state index is 12.3. The molecule has 2 heterocycles. The van der Waals surface area contributed by atoms with Crippen LogP contribution in [-0.4, -0.2) is 33.0 Å². The molecular formula is C20H27N5O2S. The third kappa shape index (κ3) is 4.16. The highest BCUT2D eigenvalue weighted by Crippen LogP contribution is 2.39. The predicted octanol–water partition coefficient (Wildman–Crippen LogP) is 3.73. The van der Waals surface area contributed by atoms with E-state index in [1.807, 2.05) is 31.2 Å². The number of fused-ring (bicyclic) bond motifs is 1. The standard InChI is InChI=1S/C20H27N5O2S/c1-4-6-11-27-15-10-8-7-9-14(15)17-16(18(21)26)13(3)22-19-23-20(24-25(17)19)28-12-5-2/h7-10,17H,4-6,11-12H2,1-3H3,(H2,21,26)(H,22,23,24). The molecule has 3 rings (SSSR count). The van der Waals surface area contributed by atoms with E-state index in [4.69, 9.17) is 10.5 Å². The highest BCUT2D eigenvalue weighted by atomic mass is 32.2. The van der Waals surface area contributed by atoms with Crippen LogP contribution in [0.1, 0.15) is 51.6 Å². The smallest absolute Gasteiger partial charge is 0.248 e. The number of nitrogens with one attached hydrogen (secondary N) is 1. The Kier molecular flexibility index (Phi) is 6.61. The Morgan fingerprint density at radius 1 is 1.32 bits per heavy atom. The lowest BCUT2D eigenvalue weighted by Crippen LogP contribution is -2.32. The first kappa shape index (κ1) is 20.3. The van der Waals surface area contributed by atoms with Crippen molar-refractivity contribution >= 4 is 23.6 Å². The number of carbonyl (C=O) groups excluding carboxylic acids is 1. The molecule has 3 N–H and O–H groups in total. The largest absolute Gasteiger partial charge is 0.493 e. The molecule has 0 bridgehead atoms. The van der Waals surface area contributed by atoms with Gasteiger partial charge in [-0.1, -0.05) is 50.2 Å². The van der Waals surface area contributed by atoms with Crippen molar-refractivity contribution in [3.63, 3.8) is 0 Å². The Morgan fingerprint density at radius 3 is 2.82 bits per heavy atom. The predicted molar refractivity (Wildman–Crippen MR) is 112 cm³/mol. The topological polar surface area (TPSA) is 95.1 Å². The summed E-state index contributed by atoms with van der Waals surface area (Å²) in [4.78, 5) is 16.9. The van der Waals surface area contributed by atoms with Gasteiger partial charge in [-0.3, -0.25) is 4.79 Å². The van der Waals surface area contributed by atoms with Crippen LogP contribution in [0.15, 0.2) is 40.7 Å². The van der Waals surface area contributed by atoms with E-state index in [1.54, 1.807) is 16.4 Å². The van der Waals surface area contributed by atoms with E-state index in [0.29, 0.717) is 29.0 Å². The van der Waals surface area contributed by atoms with Crippen molar-refractivity contribution in [2.75, 3.05) is 17.7 Å². The number of ether oxygens (including phenoxy) is 1. The van der Waals surface area contributed by atoms with Gasteiger partial charge in [0.1, 0.15) is 11.8 Å². The Morgan fingerprint density at radius 2 is 2.11 bits per heavy atom. The number of benzene rings is 1. The monoisotopic (exact) mass is 401 g/mol. The Bertz CT molecular complexity index is 877. The fraction of sp³-hybridized carbons (Fsp3) is 0.450. The van der Waals surface area contributed by atoms with Gasteiger partial charge in [0.15, 0.2) is 0 Å². The number of nitrogens with zero attached hydrogens (tertiary/aromatic N) is 3. The number of carbonyl (C=O) groups is 1. The van der Waals surface area contributed by atoms with E-state index >= 15 is 0 Å². The molecule has 0 fully saturated rings. The van der Waals surface area contributed by atoms with Crippen LogP contribution in [0, 0.1) is 0 Å². The number of thioether (sulfide) groups is 1. The van der Waals surface area contributed by atoms with Gasteiger partial charge >= 0.3 is 0 Å². The molecule has 2 aromatic rings. The molecule has 1 aliphatic rings. The van der Waals surface area contributed by atoms with E-state index in [-0.39, 0.29) is 0 Å². The minimum absolute atomic E-state index is 0.469. The Hall–Kier alpha value is -2.48. The molecule has 1 atom stereocenters. The van der Waals surface area contributed by atoms with Gasteiger partial charge in [-0.15, -0.1) is 5.10 Å². The summed E-state index contributed by atoms with van der Waals surface area (Å²) in [5.74, 6) is 1.79. The average molecular weight is 402 g/mol. The molecule has 0 saturated heterocycles. The van der Waals surface area contributed by atoms with Crippen LogP contribution in [0.3, 0.4) is 0 Å². The average Bonchev–Trinajstić information content (AvgIpc) is 3.08. The molecule has 0 spiro atoms. The summed E-state index contributed by atoms with van der Waals surface area (Å²) in [6, 6.07) is 7.26. The summed E-state index contributed by atoms with van der Waals surface area (Å²) in [5, 5.41) is 8.51. The zero-order valence-corrected chi connectivity index (χ0v) is 17.4. The van der Waals surface area contributed by atoms with E-state index in [2.05, 4.69) is 29.2 Å².